The number of carbonyl (C=O) groups is 1. The zero-order valence-electron chi connectivity index (χ0n) is 18.3. The van der Waals surface area contributed by atoms with Crippen LogP contribution in [0, 0.1) is 0 Å². The minimum absolute atomic E-state index is 0.0913. The van der Waals surface area contributed by atoms with Crippen molar-refractivity contribution in [1.29, 1.82) is 0 Å². The highest BCUT2D eigenvalue weighted by molar-refractivity contribution is 5.68. The molecule has 0 spiro atoms. The van der Waals surface area contributed by atoms with Crippen molar-refractivity contribution in [2.75, 3.05) is 7.11 Å². The molecule has 0 aliphatic rings. The zero-order valence-corrected chi connectivity index (χ0v) is 18.3. The first-order valence-electron chi connectivity index (χ1n) is 11.5. The lowest BCUT2D eigenvalue weighted by Gasteiger charge is -2.18. The number of phenols is 1. The number of hydrogen-bond donors (Lipinski definition) is 1. The second kappa shape index (κ2) is 16.4. The third kappa shape index (κ3) is 12.0. The summed E-state index contributed by atoms with van der Waals surface area (Å²) in [5.74, 6) is 0.881. The smallest absolute Gasteiger partial charge is 0.305 e. The highest BCUT2D eigenvalue weighted by Crippen LogP contribution is 2.29. The molecule has 3 heteroatoms. The molecular formula is C25H42O3. The Hall–Kier alpha value is -1.51. The molecule has 0 saturated heterocycles. The van der Waals surface area contributed by atoms with Gasteiger partial charge in [0.25, 0.3) is 0 Å². The first-order chi connectivity index (χ1) is 13.7. The van der Waals surface area contributed by atoms with Crippen LogP contribution in [0.25, 0.3) is 0 Å². The molecule has 0 aliphatic carbocycles. The van der Waals surface area contributed by atoms with E-state index in [9.17, 15) is 9.90 Å². The van der Waals surface area contributed by atoms with Gasteiger partial charge < -0.3 is 9.84 Å². The van der Waals surface area contributed by atoms with Gasteiger partial charge in [-0.15, -0.1) is 0 Å². The van der Waals surface area contributed by atoms with E-state index in [1.54, 1.807) is 0 Å². The predicted octanol–water partition coefficient (Wildman–Crippen LogP) is 7.52. The first-order valence-corrected chi connectivity index (χ1v) is 11.5. The van der Waals surface area contributed by atoms with E-state index in [4.69, 9.17) is 0 Å². The van der Waals surface area contributed by atoms with Gasteiger partial charge in [0.1, 0.15) is 5.75 Å². The van der Waals surface area contributed by atoms with Crippen LogP contribution in [0.4, 0.5) is 0 Å². The zero-order chi connectivity index (χ0) is 20.5. The molecule has 28 heavy (non-hydrogen) atoms. The Bertz CT molecular complexity index is 495. The summed E-state index contributed by atoms with van der Waals surface area (Å²) < 4.78 is 4.68. The summed E-state index contributed by atoms with van der Waals surface area (Å²) >= 11 is 0. The van der Waals surface area contributed by atoms with E-state index in [1.807, 2.05) is 12.1 Å². The standard InChI is InChI=1S/C25H42O3/c1-3-4-5-6-9-12-15-22(23-18-20-24(26)21-19-23)16-13-10-7-8-11-14-17-25(27)28-2/h18-22,26H,3-17H2,1-2H3. The van der Waals surface area contributed by atoms with E-state index in [0.29, 0.717) is 18.1 Å². The van der Waals surface area contributed by atoms with Crippen molar-refractivity contribution in [3.8, 4) is 5.75 Å². The highest BCUT2D eigenvalue weighted by Gasteiger charge is 2.11. The van der Waals surface area contributed by atoms with Crippen molar-refractivity contribution >= 4 is 5.97 Å². The molecule has 0 aromatic heterocycles. The molecule has 1 aromatic carbocycles. The summed E-state index contributed by atoms with van der Waals surface area (Å²) in [6.45, 7) is 2.26. The Balaban J connectivity index is 2.25. The summed E-state index contributed by atoms with van der Waals surface area (Å²) in [6, 6.07) is 7.85. The van der Waals surface area contributed by atoms with Crippen molar-refractivity contribution in [2.24, 2.45) is 0 Å². The molecule has 1 rings (SSSR count). The molecule has 0 radical (unpaired) electrons. The average molecular weight is 391 g/mol. The number of hydrogen-bond acceptors (Lipinski definition) is 3. The van der Waals surface area contributed by atoms with Crippen LogP contribution in [-0.2, 0) is 9.53 Å². The van der Waals surface area contributed by atoms with Crippen LogP contribution in [0.1, 0.15) is 115 Å². The highest BCUT2D eigenvalue weighted by atomic mass is 16.5. The molecule has 0 heterocycles. The molecule has 1 N–H and O–H groups in total. The molecule has 0 amide bonds. The van der Waals surface area contributed by atoms with Crippen molar-refractivity contribution < 1.29 is 14.6 Å². The number of carbonyl (C=O) groups excluding carboxylic acids is 1. The van der Waals surface area contributed by atoms with Gasteiger partial charge in [0.15, 0.2) is 0 Å². The molecule has 1 aromatic rings. The number of ether oxygens (including phenoxy) is 1. The van der Waals surface area contributed by atoms with E-state index in [1.165, 1.54) is 89.7 Å². The van der Waals surface area contributed by atoms with Crippen LogP contribution in [0.3, 0.4) is 0 Å². The minimum Gasteiger partial charge on any atom is -0.508 e. The van der Waals surface area contributed by atoms with Gasteiger partial charge in [0.05, 0.1) is 7.11 Å². The number of esters is 1. The van der Waals surface area contributed by atoms with Gasteiger partial charge in [0.2, 0.25) is 0 Å². The van der Waals surface area contributed by atoms with Gasteiger partial charge in [-0.25, -0.2) is 0 Å². The van der Waals surface area contributed by atoms with Crippen molar-refractivity contribution in [2.45, 2.75) is 109 Å². The Morgan fingerprint density at radius 1 is 0.821 bits per heavy atom. The SMILES string of the molecule is CCCCCCCCC(CCCCCCCCC(=O)OC)c1ccc(O)cc1. The van der Waals surface area contributed by atoms with Crippen molar-refractivity contribution in [3.05, 3.63) is 29.8 Å². The number of aromatic hydroxyl groups is 1. The summed E-state index contributed by atoms with van der Waals surface area (Å²) in [5, 5.41) is 9.57. The summed E-state index contributed by atoms with van der Waals surface area (Å²) in [5.41, 5.74) is 1.38. The van der Waals surface area contributed by atoms with Crippen LogP contribution in [0.5, 0.6) is 5.75 Å². The maximum Gasteiger partial charge on any atom is 0.305 e. The summed E-state index contributed by atoms with van der Waals surface area (Å²) in [7, 11) is 1.46. The number of methoxy groups -OCH3 is 1. The number of rotatable bonds is 17. The van der Waals surface area contributed by atoms with Crippen LogP contribution < -0.4 is 0 Å². The normalized spacial score (nSPS) is 12.1. The third-order valence-corrected chi connectivity index (χ3v) is 5.68. The Kier molecular flexibility index (Phi) is 14.4. The molecule has 3 nitrogen and oxygen atoms in total. The van der Waals surface area contributed by atoms with Gasteiger partial charge in [-0.2, -0.15) is 0 Å². The Labute approximate surface area is 172 Å². The second-order valence-electron chi connectivity index (χ2n) is 8.08. The van der Waals surface area contributed by atoms with E-state index in [0.717, 1.165) is 12.8 Å². The fraction of sp³-hybridized carbons (Fsp3) is 0.720. The fourth-order valence-electron chi connectivity index (χ4n) is 3.86. The van der Waals surface area contributed by atoms with Gasteiger partial charge in [-0.1, -0.05) is 89.7 Å². The van der Waals surface area contributed by atoms with Crippen molar-refractivity contribution in [1.82, 2.24) is 0 Å². The fourth-order valence-corrected chi connectivity index (χ4v) is 3.86. The minimum atomic E-state index is -0.0913. The van der Waals surface area contributed by atoms with E-state index < -0.39 is 0 Å². The number of unbranched alkanes of at least 4 members (excludes halogenated alkanes) is 10. The molecule has 160 valence electrons. The summed E-state index contributed by atoms with van der Waals surface area (Å²) in [6.07, 6.45) is 18.2. The molecule has 1 atom stereocenters. The van der Waals surface area contributed by atoms with Gasteiger partial charge in [-0.3, -0.25) is 4.79 Å². The molecule has 0 fully saturated rings. The summed E-state index contributed by atoms with van der Waals surface area (Å²) in [4.78, 5) is 11.1. The lowest BCUT2D eigenvalue weighted by atomic mass is 9.88. The molecule has 1 unspecified atom stereocenters. The maximum absolute atomic E-state index is 11.1. The van der Waals surface area contributed by atoms with Crippen molar-refractivity contribution in [3.63, 3.8) is 0 Å². The number of benzene rings is 1. The molecular weight excluding hydrogens is 348 g/mol. The molecule has 0 bridgehead atoms. The lowest BCUT2D eigenvalue weighted by molar-refractivity contribution is -0.140. The van der Waals surface area contributed by atoms with Crippen LogP contribution in [-0.4, -0.2) is 18.2 Å². The van der Waals surface area contributed by atoms with Gasteiger partial charge in [-0.05, 0) is 42.9 Å². The molecule has 0 saturated carbocycles. The average Bonchev–Trinajstić information content (AvgIpc) is 2.71. The van der Waals surface area contributed by atoms with E-state index in [-0.39, 0.29) is 5.97 Å². The monoisotopic (exact) mass is 390 g/mol. The van der Waals surface area contributed by atoms with Crippen LogP contribution >= 0.6 is 0 Å². The maximum atomic E-state index is 11.1. The Morgan fingerprint density at radius 3 is 1.86 bits per heavy atom. The van der Waals surface area contributed by atoms with E-state index >= 15 is 0 Å². The topological polar surface area (TPSA) is 46.5 Å². The van der Waals surface area contributed by atoms with Gasteiger partial charge >= 0.3 is 5.97 Å². The largest absolute Gasteiger partial charge is 0.508 e. The Morgan fingerprint density at radius 2 is 1.32 bits per heavy atom. The van der Waals surface area contributed by atoms with Crippen LogP contribution in [0.2, 0.25) is 0 Å². The third-order valence-electron chi connectivity index (χ3n) is 5.68. The quantitative estimate of drug-likeness (QED) is 0.221. The second-order valence-corrected chi connectivity index (χ2v) is 8.08. The predicted molar refractivity (Wildman–Crippen MR) is 118 cm³/mol. The molecule has 0 aliphatic heterocycles. The van der Waals surface area contributed by atoms with E-state index in [2.05, 4.69) is 23.8 Å². The van der Waals surface area contributed by atoms with Gasteiger partial charge in [0, 0.05) is 6.42 Å². The lowest BCUT2D eigenvalue weighted by Crippen LogP contribution is -2.00. The first kappa shape index (κ1) is 24.5. The number of phenolic OH excluding ortho intramolecular Hbond substituents is 1. The van der Waals surface area contributed by atoms with Crippen LogP contribution in [0.15, 0.2) is 24.3 Å².